The molecule has 0 spiro atoms. The van der Waals surface area contributed by atoms with Crippen LogP contribution in [0.5, 0.6) is 0 Å². The Morgan fingerprint density at radius 3 is 2.89 bits per heavy atom. The van der Waals surface area contributed by atoms with Crippen LogP contribution in [0, 0.1) is 0 Å². The Balaban J connectivity index is 1.81. The fraction of sp³-hybridized carbons (Fsp3) is 0.846. The van der Waals surface area contributed by atoms with Gasteiger partial charge in [0.15, 0.2) is 5.82 Å². The fourth-order valence-corrected chi connectivity index (χ4v) is 2.18. The first-order chi connectivity index (χ1) is 9.31. The van der Waals surface area contributed by atoms with Gasteiger partial charge in [-0.2, -0.15) is 4.98 Å². The number of nitrogens with one attached hydrogen (secondary N) is 1. The van der Waals surface area contributed by atoms with E-state index in [0.29, 0.717) is 18.9 Å². The van der Waals surface area contributed by atoms with Gasteiger partial charge in [-0.1, -0.05) is 12.1 Å². The summed E-state index contributed by atoms with van der Waals surface area (Å²) in [6.07, 6.45) is 1.73. The molecular formula is C13H24N4O2. The predicted octanol–water partition coefficient (Wildman–Crippen LogP) is 1.00. The van der Waals surface area contributed by atoms with Crippen LogP contribution in [0.4, 0.5) is 0 Å². The summed E-state index contributed by atoms with van der Waals surface area (Å²) in [4.78, 5) is 6.84. The van der Waals surface area contributed by atoms with E-state index in [0.717, 1.165) is 45.0 Å². The first kappa shape index (κ1) is 14.4. The van der Waals surface area contributed by atoms with E-state index in [9.17, 15) is 0 Å². The van der Waals surface area contributed by atoms with Gasteiger partial charge in [0.1, 0.15) is 0 Å². The van der Waals surface area contributed by atoms with Gasteiger partial charge in [-0.15, -0.1) is 0 Å². The third-order valence-corrected chi connectivity index (χ3v) is 3.37. The summed E-state index contributed by atoms with van der Waals surface area (Å²) in [5.41, 5.74) is 0. The maximum absolute atomic E-state index is 5.43. The average molecular weight is 268 g/mol. The van der Waals surface area contributed by atoms with E-state index in [4.69, 9.17) is 9.26 Å². The van der Waals surface area contributed by atoms with E-state index in [-0.39, 0.29) is 6.04 Å². The van der Waals surface area contributed by atoms with E-state index >= 15 is 0 Å². The molecule has 1 unspecified atom stereocenters. The molecule has 1 saturated heterocycles. The highest BCUT2D eigenvalue weighted by molar-refractivity contribution is 4.94. The Morgan fingerprint density at radius 2 is 2.16 bits per heavy atom. The van der Waals surface area contributed by atoms with Crippen molar-refractivity contribution in [1.82, 2.24) is 20.4 Å². The molecule has 1 atom stereocenters. The molecule has 19 heavy (non-hydrogen) atoms. The Kier molecular flexibility index (Phi) is 5.75. The summed E-state index contributed by atoms with van der Waals surface area (Å²) in [6.45, 7) is 9.79. The van der Waals surface area contributed by atoms with Crippen LogP contribution in [-0.4, -0.2) is 54.4 Å². The topological polar surface area (TPSA) is 63.4 Å². The van der Waals surface area contributed by atoms with Gasteiger partial charge in [0.05, 0.1) is 19.1 Å². The summed E-state index contributed by atoms with van der Waals surface area (Å²) in [7, 11) is 0. The highest BCUT2D eigenvalue weighted by atomic mass is 16.5. The molecule has 0 amide bonds. The zero-order chi connectivity index (χ0) is 13.5. The lowest BCUT2D eigenvalue weighted by Crippen LogP contribution is -2.44. The van der Waals surface area contributed by atoms with Crippen LogP contribution >= 0.6 is 0 Å². The van der Waals surface area contributed by atoms with Crippen molar-refractivity contribution >= 4 is 0 Å². The van der Waals surface area contributed by atoms with Crippen molar-refractivity contribution in [3.63, 3.8) is 0 Å². The quantitative estimate of drug-likeness (QED) is 0.745. The standard InChI is InChI=1S/C13H24N4O2/c1-3-9-18-10-4-12-15-13(16-19-12)11(2)17-7-5-14-6-8-17/h11,14H,3-10H2,1-2H3. The van der Waals surface area contributed by atoms with Crippen LogP contribution in [0.15, 0.2) is 4.52 Å². The van der Waals surface area contributed by atoms with E-state index in [1.807, 2.05) is 0 Å². The molecule has 6 nitrogen and oxygen atoms in total. The van der Waals surface area contributed by atoms with Gasteiger partial charge in [0.2, 0.25) is 5.89 Å². The van der Waals surface area contributed by atoms with Gasteiger partial charge >= 0.3 is 0 Å². The largest absolute Gasteiger partial charge is 0.381 e. The highest BCUT2D eigenvalue weighted by Gasteiger charge is 2.22. The second-order valence-corrected chi connectivity index (χ2v) is 4.87. The molecule has 0 saturated carbocycles. The van der Waals surface area contributed by atoms with Gasteiger partial charge in [0.25, 0.3) is 0 Å². The van der Waals surface area contributed by atoms with Crippen molar-refractivity contribution in [3.05, 3.63) is 11.7 Å². The van der Waals surface area contributed by atoms with Crippen LogP contribution in [0.2, 0.25) is 0 Å². The summed E-state index contributed by atoms with van der Waals surface area (Å²) in [5, 5.41) is 7.43. The van der Waals surface area contributed by atoms with Crippen molar-refractivity contribution in [2.75, 3.05) is 39.4 Å². The van der Waals surface area contributed by atoms with E-state index in [1.54, 1.807) is 0 Å². The molecule has 0 aromatic carbocycles. The molecule has 108 valence electrons. The normalized spacial score (nSPS) is 18.6. The number of rotatable bonds is 7. The number of ether oxygens (including phenoxy) is 1. The number of piperazine rings is 1. The number of nitrogens with zero attached hydrogens (tertiary/aromatic N) is 3. The van der Waals surface area contributed by atoms with Gasteiger partial charge in [-0.05, 0) is 13.3 Å². The predicted molar refractivity (Wildman–Crippen MR) is 72.0 cm³/mol. The van der Waals surface area contributed by atoms with Crippen molar-refractivity contribution in [1.29, 1.82) is 0 Å². The zero-order valence-corrected chi connectivity index (χ0v) is 11.9. The second-order valence-electron chi connectivity index (χ2n) is 4.87. The minimum Gasteiger partial charge on any atom is -0.381 e. The molecule has 1 aromatic heterocycles. The monoisotopic (exact) mass is 268 g/mol. The average Bonchev–Trinajstić information content (AvgIpc) is 2.92. The third kappa shape index (κ3) is 4.26. The van der Waals surface area contributed by atoms with Crippen molar-refractivity contribution in [3.8, 4) is 0 Å². The lowest BCUT2D eigenvalue weighted by atomic mass is 10.2. The number of hydrogen-bond acceptors (Lipinski definition) is 6. The highest BCUT2D eigenvalue weighted by Crippen LogP contribution is 2.17. The minimum absolute atomic E-state index is 0.219. The number of hydrogen-bond donors (Lipinski definition) is 1. The van der Waals surface area contributed by atoms with Gasteiger partial charge in [-0.3, -0.25) is 4.90 Å². The van der Waals surface area contributed by atoms with Gasteiger partial charge < -0.3 is 14.6 Å². The summed E-state index contributed by atoms with van der Waals surface area (Å²) >= 11 is 0. The Hall–Kier alpha value is -0.980. The first-order valence-corrected chi connectivity index (χ1v) is 7.16. The lowest BCUT2D eigenvalue weighted by Gasteiger charge is -2.30. The molecule has 2 rings (SSSR count). The maximum Gasteiger partial charge on any atom is 0.229 e. The molecule has 0 radical (unpaired) electrons. The summed E-state index contributed by atoms with van der Waals surface area (Å²) < 4.78 is 10.7. The van der Waals surface area contributed by atoms with Crippen molar-refractivity contribution in [2.45, 2.75) is 32.7 Å². The van der Waals surface area contributed by atoms with Gasteiger partial charge in [0, 0.05) is 32.8 Å². The summed E-state index contributed by atoms with van der Waals surface area (Å²) in [5.74, 6) is 1.46. The van der Waals surface area contributed by atoms with Crippen LogP contribution in [-0.2, 0) is 11.2 Å². The molecule has 1 aromatic rings. The van der Waals surface area contributed by atoms with Crippen LogP contribution in [0.1, 0.15) is 38.0 Å². The van der Waals surface area contributed by atoms with Crippen molar-refractivity contribution < 1.29 is 9.26 Å². The van der Waals surface area contributed by atoms with Gasteiger partial charge in [-0.25, -0.2) is 0 Å². The molecular weight excluding hydrogens is 244 g/mol. The van der Waals surface area contributed by atoms with Crippen LogP contribution in [0.3, 0.4) is 0 Å². The third-order valence-electron chi connectivity index (χ3n) is 3.37. The van der Waals surface area contributed by atoms with Crippen LogP contribution < -0.4 is 5.32 Å². The molecule has 0 aliphatic carbocycles. The van der Waals surface area contributed by atoms with Crippen LogP contribution in [0.25, 0.3) is 0 Å². The van der Waals surface area contributed by atoms with Crippen molar-refractivity contribution in [2.24, 2.45) is 0 Å². The molecule has 1 N–H and O–H groups in total. The zero-order valence-electron chi connectivity index (χ0n) is 11.9. The Bertz CT molecular complexity index is 363. The molecule has 0 bridgehead atoms. The molecule has 1 aliphatic rings. The van der Waals surface area contributed by atoms with E-state index in [1.165, 1.54) is 0 Å². The molecule has 6 heteroatoms. The maximum atomic E-state index is 5.43. The summed E-state index contributed by atoms with van der Waals surface area (Å²) in [6, 6.07) is 0.219. The SMILES string of the molecule is CCCOCCc1nc(C(C)N2CCNCC2)no1. The minimum atomic E-state index is 0.219. The molecule has 1 fully saturated rings. The fourth-order valence-electron chi connectivity index (χ4n) is 2.18. The smallest absolute Gasteiger partial charge is 0.229 e. The van der Waals surface area contributed by atoms with E-state index < -0.39 is 0 Å². The molecule has 2 heterocycles. The Morgan fingerprint density at radius 1 is 1.37 bits per heavy atom. The first-order valence-electron chi connectivity index (χ1n) is 7.16. The lowest BCUT2D eigenvalue weighted by molar-refractivity contribution is 0.132. The number of aromatic nitrogens is 2. The van der Waals surface area contributed by atoms with E-state index in [2.05, 4.69) is 34.2 Å². The molecule has 1 aliphatic heterocycles. The Labute approximate surface area is 114 Å². The second kappa shape index (κ2) is 7.57.